The van der Waals surface area contributed by atoms with Gasteiger partial charge in [0, 0.05) is 6.54 Å². The summed E-state index contributed by atoms with van der Waals surface area (Å²) in [7, 11) is 0. The van der Waals surface area contributed by atoms with Gasteiger partial charge in [-0.15, -0.1) is 0 Å². The lowest BCUT2D eigenvalue weighted by molar-refractivity contribution is 0.333. The van der Waals surface area contributed by atoms with Gasteiger partial charge in [-0.3, -0.25) is 0 Å². The Balaban J connectivity index is 1.94. The third-order valence-corrected chi connectivity index (χ3v) is 3.25. The second-order valence-electron chi connectivity index (χ2n) is 3.78. The third-order valence-electron chi connectivity index (χ3n) is 2.65. The first-order chi connectivity index (χ1) is 6.75. The van der Waals surface area contributed by atoms with Gasteiger partial charge in [-0.05, 0) is 40.8 Å². The molecule has 3 N–H and O–H groups in total. The van der Waals surface area contributed by atoms with Gasteiger partial charge in [0.25, 0.3) is 0 Å². The molecule has 0 bridgehead atoms. The molecule has 0 unspecified atom stereocenters. The normalized spacial score (nSPS) is 16.4. The van der Waals surface area contributed by atoms with Crippen molar-refractivity contribution in [2.75, 3.05) is 17.6 Å². The van der Waals surface area contributed by atoms with Crippen LogP contribution in [0.25, 0.3) is 0 Å². The molecule has 1 fully saturated rings. The van der Waals surface area contributed by atoms with Crippen molar-refractivity contribution in [3.63, 3.8) is 0 Å². The van der Waals surface area contributed by atoms with E-state index in [2.05, 4.69) is 26.2 Å². The molecule has 76 valence electrons. The zero-order valence-corrected chi connectivity index (χ0v) is 9.55. The lowest BCUT2D eigenvalue weighted by Crippen LogP contribution is -2.21. The van der Waals surface area contributed by atoms with E-state index in [0.29, 0.717) is 5.69 Å². The predicted molar refractivity (Wildman–Crippen MR) is 62.2 cm³/mol. The minimum atomic E-state index is 0.686. The minimum Gasteiger partial charge on any atom is -0.397 e. The van der Waals surface area contributed by atoms with Crippen LogP contribution in [0.15, 0.2) is 16.7 Å². The molecule has 4 heteroatoms. The molecule has 0 aliphatic heterocycles. The summed E-state index contributed by atoms with van der Waals surface area (Å²) in [6.45, 7) is 1.02. The number of anilines is 2. The van der Waals surface area contributed by atoms with E-state index in [-0.39, 0.29) is 0 Å². The Labute approximate surface area is 92.2 Å². The van der Waals surface area contributed by atoms with Crippen LogP contribution in [0.4, 0.5) is 11.5 Å². The molecule has 0 atom stereocenters. The van der Waals surface area contributed by atoms with E-state index >= 15 is 0 Å². The minimum absolute atomic E-state index is 0.686. The maximum absolute atomic E-state index is 5.60. The van der Waals surface area contributed by atoms with Crippen LogP contribution in [0.3, 0.4) is 0 Å². The first-order valence-corrected chi connectivity index (χ1v) is 5.70. The number of aromatic nitrogens is 1. The molecule has 2 rings (SSSR count). The fourth-order valence-electron chi connectivity index (χ4n) is 1.52. The number of hydrogen-bond acceptors (Lipinski definition) is 3. The van der Waals surface area contributed by atoms with Gasteiger partial charge in [0.2, 0.25) is 0 Å². The Morgan fingerprint density at radius 3 is 2.93 bits per heavy atom. The molecule has 14 heavy (non-hydrogen) atoms. The largest absolute Gasteiger partial charge is 0.397 e. The molecule has 0 aromatic carbocycles. The number of rotatable bonds is 3. The number of nitrogen functional groups attached to an aromatic ring is 1. The molecule has 1 saturated carbocycles. The van der Waals surface area contributed by atoms with E-state index in [4.69, 9.17) is 5.73 Å². The highest BCUT2D eigenvalue weighted by molar-refractivity contribution is 9.10. The maximum atomic E-state index is 5.60. The first kappa shape index (κ1) is 9.77. The highest BCUT2D eigenvalue weighted by atomic mass is 79.9. The standard InChI is InChI=1S/C10H14BrN3/c11-9-4-8(12)6-14-10(9)13-5-7-2-1-3-7/h4,6-7H,1-3,5,12H2,(H,13,14). The highest BCUT2D eigenvalue weighted by Gasteiger charge is 2.17. The summed E-state index contributed by atoms with van der Waals surface area (Å²) in [6, 6.07) is 1.87. The molecule has 1 aliphatic rings. The molecule has 0 amide bonds. The monoisotopic (exact) mass is 255 g/mol. The molecular formula is C10H14BrN3. The number of halogens is 1. The van der Waals surface area contributed by atoms with Crippen molar-refractivity contribution in [3.8, 4) is 0 Å². The van der Waals surface area contributed by atoms with Crippen LogP contribution in [0.1, 0.15) is 19.3 Å². The Bertz CT molecular complexity index is 323. The van der Waals surface area contributed by atoms with Crippen LogP contribution in [0.2, 0.25) is 0 Å². The fraction of sp³-hybridized carbons (Fsp3) is 0.500. The van der Waals surface area contributed by atoms with Gasteiger partial charge in [-0.25, -0.2) is 4.98 Å². The van der Waals surface area contributed by atoms with Crippen molar-refractivity contribution < 1.29 is 0 Å². The summed E-state index contributed by atoms with van der Waals surface area (Å²) < 4.78 is 0.942. The zero-order valence-electron chi connectivity index (χ0n) is 7.96. The van der Waals surface area contributed by atoms with Crippen LogP contribution in [-0.4, -0.2) is 11.5 Å². The number of nitrogens with one attached hydrogen (secondary N) is 1. The van der Waals surface area contributed by atoms with Gasteiger partial charge in [-0.1, -0.05) is 6.42 Å². The molecule has 1 aromatic heterocycles. The molecular weight excluding hydrogens is 242 g/mol. The maximum Gasteiger partial charge on any atom is 0.140 e. The van der Waals surface area contributed by atoms with Gasteiger partial charge in [-0.2, -0.15) is 0 Å². The number of nitrogens with zero attached hydrogens (tertiary/aromatic N) is 1. The van der Waals surface area contributed by atoms with Crippen molar-refractivity contribution in [1.82, 2.24) is 4.98 Å². The fourth-order valence-corrected chi connectivity index (χ4v) is 2.03. The summed E-state index contributed by atoms with van der Waals surface area (Å²) in [5.41, 5.74) is 6.29. The van der Waals surface area contributed by atoms with E-state index in [1.54, 1.807) is 6.20 Å². The molecule has 1 aliphatic carbocycles. The van der Waals surface area contributed by atoms with Crippen molar-refractivity contribution in [2.45, 2.75) is 19.3 Å². The molecule has 0 saturated heterocycles. The summed E-state index contributed by atoms with van der Waals surface area (Å²) in [5.74, 6) is 1.73. The second kappa shape index (κ2) is 4.17. The first-order valence-electron chi connectivity index (χ1n) is 4.90. The van der Waals surface area contributed by atoms with E-state index < -0.39 is 0 Å². The average molecular weight is 256 g/mol. The van der Waals surface area contributed by atoms with E-state index in [9.17, 15) is 0 Å². The van der Waals surface area contributed by atoms with Crippen LogP contribution in [0, 0.1) is 5.92 Å². The van der Waals surface area contributed by atoms with Crippen LogP contribution < -0.4 is 11.1 Å². The van der Waals surface area contributed by atoms with Gasteiger partial charge >= 0.3 is 0 Å². The van der Waals surface area contributed by atoms with Crippen molar-refractivity contribution in [3.05, 3.63) is 16.7 Å². The quantitative estimate of drug-likeness (QED) is 0.874. The van der Waals surface area contributed by atoms with E-state index in [1.165, 1.54) is 19.3 Å². The van der Waals surface area contributed by atoms with E-state index in [0.717, 1.165) is 22.8 Å². The summed E-state index contributed by atoms with van der Waals surface area (Å²) in [4.78, 5) is 4.23. The molecule has 0 radical (unpaired) electrons. The molecule has 1 aromatic rings. The van der Waals surface area contributed by atoms with E-state index in [1.807, 2.05) is 6.07 Å². The van der Waals surface area contributed by atoms with Crippen LogP contribution >= 0.6 is 15.9 Å². The Hall–Kier alpha value is -0.770. The molecule has 3 nitrogen and oxygen atoms in total. The number of nitrogens with two attached hydrogens (primary N) is 1. The zero-order chi connectivity index (χ0) is 9.97. The lowest BCUT2D eigenvalue weighted by atomic mass is 9.85. The van der Waals surface area contributed by atoms with Gasteiger partial charge < -0.3 is 11.1 Å². The Morgan fingerprint density at radius 1 is 1.57 bits per heavy atom. The number of hydrogen-bond donors (Lipinski definition) is 2. The predicted octanol–water partition coefficient (Wildman–Crippen LogP) is 2.64. The van der Waals surface area contributed by atoms with Gasteiger partial charge in [0.15, 0.2) is 0 Å². The third kappa shape index (κ3) is 2.18. The lowest BCUT2D eigenvalue weighted by Gasteiger charge is -2.25. The SMILES string of the molecule is Nc1cnc(NCC2CCC2)c(Br)c1. The highest BCUT2D eigenvalue weighted by Crippen LogP contribution is 2.28. The molecule has 0 spiro atoms. The number of pyridine rings is 1. The summed E-state index contributed by atoms with van der Waals surface area (Å²) in [6.07, 6.45) is 5.75. The van der Waals surface area contributed by atoms with Gasteiger partial charge in [0.1, 0.15) is 5.82 Å². The van der Waals surface area contributed by atoms with Crippen LogP contribution in [-0.2, 0) is 0 Å². The Kier molecular flexibility index (Phi) is 2.91. The summed E-state index contributed by atoms with van der Waals surface area (Å²) in [5, 5.41) is 3.33. The van der Waals surface area contributed by atoms with Crippen molar-refractivity contribution >= 4 is 27.4 Å². The summed E-state index contributed by atoms with van der Waals surface area (Å²) >= 11 is 3.43. The van der Waals surface area contributed by atoms with Crippen molar-refractivity contribution in [1.29, 1.82) is 0 Å². The van der Waals surface area contributed by atoms with Crippen LogP contribution in [0.5, 0.6) is 0 Å². The Morgan fingerprint density at radius 2 is 2.36 bits per heavy atom. The molecule has 1 heterocycles. The van der Waals surface area contributed by atoms with Crippen molar-refractivity contribution in [2.24, 2.45) is 5.92 Å². The second-order valence-corrected chi connectivity index (χ2v) is 4.63. The van der Waals surface area contributed by atoms with Gasteiger partial charge in [0.05, 0.1) is 16.4 Å². The average Bonchev–Trinajstić information content (AvgIpc) is 2.05. The smallest absolute Gasteiger partial charge is 0.140 e. The topological polar surface area (TPSA) is 50.9 Å².